The van der Waals surface area contributed by atoms with Gasteiger partial charge in [0, 0.05) is 10.1 Å². The predicted molar refractivity (Wildman–Crippen MR) is 99.9 cm³/mol. The molecule has 1 N–H and O–H groups in total. The van der Waals surface area contributed by atoms with Crippen LogP contribution in [0.15, 0.2) is 47.4 Å². The predicted octanol–water partition coefficient (Wildman–Crippen LogP) is 4.11. The molecule has 25 heavy (non-hydrogen) atoms. The molecule has 0 aliphatic heterocycles. The summed E-state index contributed by atoms with van der Waals surface area (Å²) in [6, 6.07) is 12.5. The minimum atomic E-state index is -3.96. The zero-order valence-corrected chi connectivity index (χ0v) is 15.6. The van der Waals surface area contributed by atoms with Gasteiger partial charge in [0.1, 0.15) is 9.77 Å². The van der Waals surface area contributed by atoms with Crippen LogP contribution in [0.2, 0.25) is 0 Å². The van der Waals surface area contributed by atoms with Gasteiger partial charge in [-0.2, -0.15) is 0 Å². The number of methoxy groups -OCH3 is 1. The van der Waals surface area contributed by atoms with E-state index in [4.69, 9.17) is 4.74 Å². The summed E-state index contributed by atoms with van der Waals surface area (Å²) in [5, 5.41) is 0.505. The van der Waals surface area contributed by atoms with E-state index in [1.165, 1.54) is 7.11 Å². The average Bonchev–Trinajstić information content (AvgIpc) is 2.97. The Morgan fingerprint density at radius 1 is 1.12 bits per heavy atom. The topological polar surface area (TPSA) is 72.5 Å². The number of hydrogen-bond acceptors (Lipinski definition) is 5. The molecule has 1 aromatic heterocycles. The van der Waals surface area contributed by atoms with Gasteiger partial charge in [0.2, 0.25) is 0 Å². The summed E-state index contributed by atoms with van der Waals surface area (Å²) < 4.78 is 34.2. The van der Waals surface area contributed by atoms with Crippen molar-refractivity contribution in [2.45, 2.75) is 18.7 Å². The number of aryl methyl sites for hydroxylation is 2. The fourth-order valence-electron chi connectivity index (χ4n) is 2.56. The Bertz CT molecular complexity index is 1070. The van der Waals surface area contributed by atoms with Crippen molar-refractivity contribution in [2.24, 2.45) is 0 Å². The summed E-state index contributed by atoms with van der Waals surface area (Å²) in [6.45, 7) is 3.71. The summed E-state index contributed by atoms with van der Waals surface area (Å²) in [7, 11) is -2.72. The lowest BCUT2D eigenvalue weighted by Crippen LogP contribution is -2.16. The lowest BCUT2D eigenvalue weighted by atomic mass is 10.1. The van der Waals surface area contributed by atoms with Crippen LogP contribution in [0.25, 0.3) is 10.1 Å². The molecule has 130 valence electrons. The van der Waals surface area contributed by atoms with Gasteiger partial charge in [0.15, 0.2) is 0 Å². The molecule has 0 saturated heterocycles. The monoisotopic (exact) mass is 375 g/mol. The number of carbonyl (C=O) groups is 1. The number of thiophene rings is 1. The van der Waals surface area contributed by atoms with Gasteiger partial charge in [-0.15, -0.1) is 11.3 Å². The number of nitrogens with one attached hydrogen (secondary N) is 1. The summed E-state index contributed by atoms with van der Waals surface area (Å²) in [6.07, 6.45) is 0. The van der Waals surface area contributed by atoms with E-state index in [1.54, 1.807) is 30.3 Å². The molecule has 0 saturated carbocycles. The third kappa shape index (κ3) is 3.25. The molecule has 0 spiro atoms. The van der Waals surface area contributed by atoms with E-state index in [9.17, 15) is 13.2 Å². The second-order valence-corrected chi connectivity index (χ2v) is 8.34. The Morgan fingerprint density at radius 2 is 1.84 bits per heavy atom. The highest BCUT2D eigenvalue weighted by Gasteiger charge is 2.29. The lowest BCUT2D eigenvalue weighted by Gasteiger charge is -2.12. The molecule has 0 bridgehead atoms. The summed E-state index contributed by atoms with van der Waals surface area (Å²) in [5.74, 6) is -0.664. The number of ether oxygens (including phenoxy) is 1. The number of hydrogen-bond donors (Lipinski definition) is 1. The van der Waals surface area contributed by atoms with Crippen LogP contribution in [0, 0.1) is 13.8 Å². The molecule has 0 aliphatic carbocycles. The van der Waals surface area contributed by atoms with Crippen molar-refractivity contribution in [3.8, 4) is 0 Å². The van der Waals surface area contributed by atoms with Crippen LogP contribution in [0.3, 0.4) is 0 Å². The molecule has 3 rings (SSSR count). The van der Waals surface area contributed by atoms with Crippen LogP contribution in [-0.2, 0) is 14.8 Å². The van der Waals surface area contributed by atoms with Crippen LogP contribution in [0.4, 0.5) is 5.69 Å². The minimum Gasteiger partial charge on any atom is -0.465 e. The summed E-state index contributed by atoms with van der Waals surface area (Å²) in [5.41, 5.74) is 2.23. The number of anilines is 1. The molecular weight excluding hydrogens is 358 g/mol. The van der Waals surface area contributed by atoms with E-state index in [0.29, 0.717) is 15.8 Å². The van der Waals surface area contributed by atoms with Crippen LogP contribution >= 0.6 is 11.3 Å². The number of esters is 1. The summed E-state index contributed by atoms with van der Waals surface area (Å²) >= 11 is 1.11. The smallest absolute Gasteiger partial charge is 0.349 e. The minimum absolute atomic E-state index is 0.0409. The molecule has 0 amide bonds. The highest BCUT2D eigenvalue weighted by molar-refractivity contribution is 7.93. The molecular formula is C18H17NO4S2. The fourth-order valence-corrected chi connectivity index (χ4v) is 5.50. The van der Waals surface area contributed by atoms with Gasteiger partial charge in [-0.25, -0.2) is 13.2 Å². The van der Waals surface area contributed by atoms with E-state index in [-0.39, 0.29) is 9.77 Å². The highest BCUT2D eigenvalue weighted by atomic mass is 32.2. The van der Waals surface area contributed by atoms with Crippen molar-refractivity contribution in [1.29, 1.82) is 0 Å². The zero-order valence-electron chi connectivity index (χ0n) is 14.0. The first-order chi connectivity index (χ1) is 11.8. The Hall–Kier alpha value is -2.38. The van der Waals surface area contributed by atoms with E-state index in [2.05, 4.69) is 4.72 Å². The number of benzene rings is 2. The largest absolute Gasteiger partial charge is 0.465 e. The highest BCUT2D eigenvalue weighted by Crippen LogP contribution is 2.36. The third-order valence-electron chi connectivity index (χ3n) is 3.83. The zero-order chi connectivity index (χ0) is 18.2. The SMILES string of the molecule is COC(=O)c1sc2ccccc2c1S(=O)(=O)Nc1cc(C)ccc1C. The number of rotatable bonds is 4. The maximum absolute atomic E-state index is 13.1. The quantitative estimate of drug-likeness (QED) is 0.697. The van der Waals surface area contributed by atoms with Crippen molar-refractivity contribution < 1.29 is 17.9 Å². The second-order valence-electron chi connectivity index (χ2n) is 5.67. The van der Waals surface area contributed by atoms with Gasteiger partial charge in [0.25, 0.3) is 10.0 Å². The molecule has 0 atom stereocenters. The molecule has 0 unspecified atom stereocenters. The fraction of sp³-hybridized carbons (Fsp3) is 0.167. The first-order valence-electron chi connectivity index (χ1n) is 7.53. The van der Waals surface area contributed by atoms with Crippen LogP contribution in [0.5, 0.6) is 0 Å². The third-order valence-corrected chi connectivity index (χ3v) is 6.56. The van der Waals surface area contributed by atoms with Gasteiger partial charge in [0.05, 0.1) is 12.8 Å². The molecule has 0 radical (unpaired) electrons. The van der Waals surface area contributed by atoms with Gasteiger partial charge in [-0.3, -0.25) is 4.72 Å². The van der Waals surface area contributed by atoms with Crippen LogP contribution in [-0.4, -0.2) is 21.5 Å². The lowest BCUT2D eigenvalue weighted by molar-refractivity contribution is 0.0602. The van der Waals surface area contributed by atoms with E-state index in [1.807, 2.05) is 26.0 Å². The van der Waals surface area contributed by atoms with Crippen molar-refractivity contribution >= 4 is 43.1 Å². The average molecular weight is 375 g/mol. The van der Waals surface area contributed by atoms with Crippen molar-refractivity contribution in [2.75, 3.05) is 11.8 Å². The second kappa shape index (κ2) is 6.50. The van der Waals surface area contributed by atoms with Gasteiger partial charge in [-0.05, 0) is 37.1 Å². The van der Waals surface area contributed by atoms with Crippen LogP contribution in [0.1, 0.15) is 20.8 Å². The molecule has 2 aromatic carbocycles. The Morgan fingerprint density at radius 3 is 2.56 bits per heavy atom. The van der Waals surface area contributed by atoms with Crippen molar-refractivity contribution in [3.63, 3.8) is 0 Å². The van der Waals surface area contributed by atoms with Gasteiger partial charge >= 0.3 is 5.97 Å². The Balaban J connectivity index is 2.20. The molecule has 0 fully saturated rings. The van der Waals surface area contributed by atoms with Gasteiger partial charge < -0.3 is 4.74 Å². The number of carbonyl (C=O) groups excluding carboxylic acids is 1. The standard InChI is InChI=1S/C18H17NO4S2/c1-11-8-9-12(2)14(10-11)19-25(21,22)17-13-6-4-5-7-15(13)24-16(17)18(20)23-3/h4-10,19H,1-3H3. The van der Waals surface area contributed by atoms with E-state index < -0.39 is 16.0 Å². The molecule has 0 aliphatic rings. The number of fused-ring (bicyclic) bond motifs is 1. The van der Waals surface area contributed by atoms with Crippen LogP contribution < -0.4 is 4.72 Å². The Labute approximate surface area is 150 Å². The maximum Gasteiger partial charge on any atom is 0.349 e. The molecule has 7 heteroatoms. The Kier molecular flexibility index (Phi) is 4.53. The van der Waals surface area contributed by atoms with E-state index >= 15 is 0 Å². The molecule has 1 heterocycles. The molecule has 3 aromatic rings. The summed E-state index contributed by atoms with van der Waals surface area (Å²) in [4.78, 5) is 12.1. The van der Waals surface area contributed by atoms with Crippen molar-refractivity contribution in [3.05, 3.63) is 58.5 Å². The first-order valence-corrected chi connectivity index (χ1v) is 9.83. The maximum atomic E-state index is 13.1. The van der Waals surface area contributed by atoms with Gasteiger partial charge in [-0.1, -0.05) is 30.3 Å². The van der Waals surface area contributed by atoms with Crippen molar-refractivity contribution in [1.82, 2.24) is 0 Å². The first kappa shape index (κ1) is 17.4. The normalized spacial score (nSPS) is 11.5. The van der Waals surface area contributed by atoms with E-state index in [0.717, 1.165) is 22.5 Å². The number of sulfonamides is 1. The molecule has 5 nitrogen and oxygen atoms in total.